The molecule has 0 atom stereocenters. The van der Waals surface area contributed by atoms with Gasteiger partial charge in [0.1, 0.15) is 14.1 Å². The Labute approximate surface area is 84.3 Å². The first-order valence-corrected chi connectivity index (χ1v) is 4.46. The Balaban J connectivity index is 2.66. The topological polar surface area (TPSA) is 24.6 Å². The maximum Gasteiger partial charge on any atom is 0.351 e. The van der Waals surface area contributed by atoms with E-state index in [-0.39, 0.29) is 0 Å². The summed E-state index contributed by atoms with van der Waals surface area (Å²) in [6.07, 6.45) is 1.55. The number of oxime groups is 1. The second-order valence-corrected chi connectivity index (χ2v) is 3.22. The van der Waals surface area contributed by atoms with Crippen LogP contribution in [0.5, 0.6) is 0 Å². The van der Waals surface area contributed by atoms with Gasteiger partial charge in [-0.25, -0.2) is 4.58 Å². The van der Waals surface area contributed by atoms with Crippen LogP contribution in [0.15, 0.2) is 35.5 Å². The zero-order valence-electron chi connectivity index (χ0n) is 8.77. The molecule has 0 aromatic heterocycles. The second kappa shape index (κ2) is 5.17. The molecule has 0 bridgehead atoms. The lowest BCUT2D eigenvalue weighted by molar-refractivity contribution is -0.468. The van der Waals surface area contributed by atoms with Gasteiger partial charge in [0.05, 0.1) is 5.71 Å². The molecular weight excluding hydrogens is 176 g/mol. The number of rotatable bonds is 3. The summed E-state index contributed by atoms with van der Waals surface area (Å²) in [6.45, 7) is 1.92. The van der Waals surface area contributed by atoms with Gasteiger partial charge in [-0.15, -0.1) is 0 Å². The van der Waals surface area contributed by atoms with Crippen LogP contribution in [-0.2, 0) is 4.84 Å². The van der Waals surface area contributed by atoms with E-state index in [9.17, 15) is 0 Å². The van der Waals surface area contributed by atoms with Crippen LogP contribution in [0.3, 0.4) is 0 Å². The Morgan fingerprint density at radius 2 is 1.93 bits per heavy atom. The molecule has 0 fully saturated rings. The highest BCUT2D eigenvalue weighted by Gasteiger charge is 1.95. The van der Waals surface area contributed by atoms with Crippen molar-refractivity contribution in [2.75, 3.05) is 14.1 Å². The molecule has 0 aliphatic heterocycles. The van der Waals surface area contributed by atoms with E-state index in [1.165, 1.54) is 0 Å². The van der Waals surface area contributed by atoms with Gasteiger partial charge in [-0.1, -0.05) is 35.5 Å². The van der Waals surface area contributed by atoms with E-state index < -0.39 is 0 Å². The summed E-state index contributed by atoms with van der Waals surface area (Å²) in [6, 6.07) is 9.92. The molecule has 3 nitrogen and oxygen atoms in total. The second-order valence-electron chi connectivity index (χ2n) is 3.22. The van der Waals surface area contributed by atoms with Crippen molar-refractivity contribution in [3.05, 3.63) is 35.9 Å². The molecule has 0 radical (unpaired) electrons. The highest BCUT2D eigenvalue weighted by molar-refractivity contribution is 5.98. The van der Waals surface area contributed by atoms with E-state index in [1.54, 1.807) is 11.0 Å². The predicted octanol–water partition coefficient (Wildman–Crippen LogP) is 1.73. The molecule has 0 saturated heterocycles. The highest BCUT2D eigenvalue weighted by atomic mass is 16.6. The van der Waals surface area contributed by atoms with E-state index in [0.29, 0.717) is 0 Å². The fraction of sp³-hybridized carbons (Fsp3) is 0.273. The molecule has 0 unspecified atom stereocenters. The highest BCUT2D eigenvalue weighted by Crippen LogP contribution is 2.00. The molecule has 74 valence electrons. The Hall–Kier alpha value is -1.64. The molecular formula is C11H15N2O+. The average molecular weight is 191 g/mol. The molecule has 1 rings (SSSR count). The summed E-state index contributed by atoms with van der Waals surface area (Å²) < 4.78 is 1.79. The van der Waals surface area contributed by atoms with Crippen LogP contribution in [0.25, 0.3) is 0 Å². The van der Waals surface area contributed by atoms with Crippen LogP contribution < -0.4 is 0 Å². The molecule has 1 aromatic rings. The molecule has 14 heavy (non-hydrogen) atoms. The van der Waals surface area contributed by atoms with E-state index in [2.05, 4.69) is 5.16 Å². The lowest BCUT2D eigenvalue weighted by Crippen LogP contribution is -2.01. The van der Waals surface area contributed by atoms with Crippen molar-refractivity contribution in [2.45, 2.75) is 6.92 Å². The number of hydrogen-bond donors (Lipinski definition) is 0. The van der Waals surface area contributed by atoms with Crippen LogP contribution in [0.1, 0.15) is 12.5 Å². The van der Waals surface area contributed by atoms with Crippen molar-refractivity contribution >= 4 is 12.1 Å². The third-order valence-corrected chi connectivity index (χ3v) is 1.64. The van der Waals surface area contributed by atoms with Gasteiger partial charge in [-0.3, -0.25) is 0 Å². The van der Waals surface area contributed by atoms with Crippen LogP contribution in [0.2, 0.25) is 0 Å². The Bertz CT molecular complexity index is 338. The number of nitrogens with zero attached hydrogens (tertiary/aromatic N) is 2. The lowest BCUT2D eigenvalue weighted by atomic mass is 10.1. The number of hydrogen-bond acceptors (Lipinski definition) is 2. The SMILES string of the molecule is C/C(=N\OC=[N+](C)C)c1ccccc1. The summed E-state index contributed by atoms with van der Waals surface area (Å²) in [5.74, 6) is 0. The van der Waals surface area contributed by atoms with Gasteiger partial charge in [-0.05, 0) is 12.5 Å². The molecule has 0 spiro atoms. The minimum absolute atomic E-state index is 0.865. The summed E-state index contributed by atoms with van der Waals surface area (Å²) in [5, 5.41) is 3.95. The van der Waals surface area contributed by atoms with Crippen molar-refractivity contribution in [3.63, 3.8) is 0 Å². The molecule has 1 aromatic carbocycles. The van der Waals surface area contributed by atoms with Gasteiger partial charge >= 0.3 is 6.40 Å². The molecule has 0 aliphatic rings. The fourth-order valence-electron chi connectivity index (χ4n) is 0.929. The van der Waals surface area contributed by atoms with Gasteiger partial charge in [-0.2, -0.15) is 0 Å². The van der Waals surface area contributed by atoms with Gasteiger partial charge in [0.2, 0.25) is 0 Å². The minimum Gasteiger partial charge on any atom is -0.300 e. The van der Waals surface area contributed by atoms with E-state index in [4.69, 9.17) is 4.84 Å². The van der Waals surface area contributed by atoms with Crippen molar-refractivity contribution in [1.82, 2.24) is 0 Å². The van der Waals surface area contributed by atoms with E-state index >= 15 is 0 Å². The maximum absolute atomic E-state index is 5.00. The minimum atomic E-state index is 0.865. The zero-order valence-corrected chi connectivity index (χ0v) is 8.77. The number of benzene rings is 1. The maximum atomic E-state index is 5.00. The quantitative estimate of drug-likeness (QED) is 0.309. The largest absolute Gasteiger partial charge is 0.351 e. The third kappa shape index (κ3) is 3.39. The smallest absolute Gasteiger partial charge is 0.300 e. The van der Waals surface area contributed by atoms with Crippen molar-refractivity contribution in [3.8, 4) is 0 Å². The van der Waals surface area contributed by atoms with Crippen LogP contribution in [0.4, 0.5) is 0 Å². The predicted molar refractivity (Wildman–Crippen MR) is 57.9 cm³/mol. The Kier molecular flexibility index (Phi) is 3.85. The van der Waals surface area contributed by atoms with Crippen molar-refractivity contribution < 1.29 is 9.41 Å². The van der Waals surface area contributed by atoms with Crippen LogP contribution >= 0.6 is 0 Å². The third-order valence-electron chi connectivity index (χ3n) is 1.64. The van der Waals surface area contributed by atoms with Crippen molar-refractivity contribution in [1.29, 1.82) is 0 Å². The molecule has 0 saturated carbocycles. The lowest BCUT2D eigenvalue weighted by Gasteiger charge is -1.96. The van der Waals surface area contributed by atoms with E-state index in [0.717, 1.165) is 11.3 Å². The first kappa shape index (κ1) is 10.4. The first-order chi connectivity index (χ1) is 6.70. The summed E-state index contributed by atoms with van der Waals surface area (Å²) in [4.78, 5) is 5.00. The van der Waals surface area contributed by atoms with E-state index in [1.807, 2.05) is 51.4 Å². The molecule has 0 heterocycles. The molecule has 0 N–H and O–H groups in total. The monoisotopic (exact) mass is 191 g/mol. The van der Waals surface area contributed by atoms with Gasteiger partial charge in [0.15, 0.2) is 0 Å². The Morgan fingerprint density at radius 1 is 1.29 bits per heavy atom. The average Bonchev–Trinajstić information content (AvgIpc) is 2.18. The Morgan fingerprint density at radius 3 is 2.50 bits per heavy atom. The first-order valence-electron chi connectivity index (χ1n) is 4.46. The van der Waals surface area contributed by atoms with Gasteiger partial charge in [0.25, 0.3) is 0 Å². The fourth-order valence-corrected chi connectivity index (χ4v) is 0.929. The van der Waals surface area contributed by atoms with Crippen LogP contribution in [0, 0.1) is 0 Å². The summed E-state index contributed by atoms with van der Waals surface area (Å²) >= 11 is 0. The normalized spacial score (nSPS) is 10.9. The standard InChI is InChI=1S/C11H15N2O/c1-10(12-14-9-13(2)3)11-7-5-4-6-8-11/h4-9H,1-3H3/q+1/b12-10+. The van der Waals surface area contributed by atoms with Crippen LogP contribution in [-0.4, -0.2) is 30.8 Å². The van der Waals surface area contributed by atoms with Gasteiger partial charge < -0.3 is 4.84 Å². The molecule has 0 amide bonds. The molecule has 0 aliphatic carbocycles. The summed E-state index contributed by atoms with van der Waals surface area (Å²) in [7, 11) is 3.76. The molecule has 3 heteroatoms. The van der Waals surface area contributed by atoms with Crippen molar-refractivity contribution in [2.24, 2.45) is 5.16 Å². The zero-order chi connectivity index (χ0) is 10.4. The summed E-state index contributed by atoms with van der Waals surface area (Å²) in [5.41, 5.74) is 1.93. The van der Waals surface area contributed by atoms with Gasteiger partial charge in [0, 0.05) is 0 Å².